The SMILES string of the molecule is Nc1ccc(Cc2c(Cl)cc(N)c(Cl)c2Cl)c(Cl)c1. The van der Waals surface area contributed by atoms with Crippen molar-refractivity contribution in [2.45, 2.75) is 6.42 Å². The molecule has 0 atom stereocenters. The molecule has 100 valence electrons. The van der Waals surface area contributed by atoms with Gasteiger partial charge in [0.15, 0.2) is 0 Å². The predicted molar refractivity (Wildman–Crippen MR) is 84.6 cm³/mol. The van der Waals surface area contributed by atoms with E-state index in [-0.39, 0.29) is 0 Å². The minimum absolute atomic E-state index is 0.299. The number of rotatable bonds is 2. The molecule has 2 aromatic carbocycles. The van der Waals surface area contributed by atoms with Crippen LogP contribution >= 0.6 is 46.4 Å². The smallest absolute Gasteiger partial charge is 0.0825 e. The molecule has 0 aromatic heterocycles. The van der Waals surface area contributed by atoms with E-state index >= 15 is 0 Å². The Morgan fingerprint density at radius 2 is 1.53 bits per heavy atom. The van der Waals surface area contributed by atoms with Crippen molar-refractivity contribution in [2.75, 3.05) is 11.5 Å². The number of nitrogens with two attached hydrogens (primary N) is 2. The fraction of sp³-hybridized carbons (Fsp3) is 0.0769. The Morgan fingerprint density at radius 3 is 2.16 bits per heavy atom. The average Bonchev–Trinajstić information content (AvgIpc) is 2.34. The summed E-state index contributed by atoms with van der Waals surface area (Å²) in [7, 11) is 0. The molecule has 0 aliphatic carbocycles. The third-order valence-corrected chi connectivity index (χ3v) is 4.34. The molecular weight excluding hydrogens is 326 g/mol. The molecule has 0 saturated carbocycles. The lowest BCUT2D eigenvalue weighted by atomic mass is 10.0. The van der Waals surface area contributed by atoms with E-state index in [0.29, 0.717) is 43.4 Å². The molecule has 4 N–H and O–H groups in total. The number of halogens is 4. The number of anilines is 2. The molecule has 6 heteroatoms. The Hall–Kier alpha value is -0.800. The molecule has 0 radical (unpaired) electrons. The zero-order chi connectivity index (χ0) is 14.2. The lowest BCUT2D eigenvalue weighted by molar-refractivity contribution is 1.19. The van der Waals surface area contributed by atoms with Gasteiger partial charge in [-0.15, -0.1) is 0 Å². The molecule has 0 heterocycles. The first-order chi connectivity index (χ1) is 8.90. The van der Waals surface area contributed by atoms with Crippen LogP contribution < -0.4 is 11.5 Å². The summed E-state index contributed by atoms with van der Waals surface area (Å²) in [5, 5.41) is 1.66. The van der Waals surface area contributed by atoms with Gasteiger partial charge in [0.25, 0.3) is 0 Å². The van der Waals surface area contributed by atoms with Crippen molar-refractivity contribution in [1.82, 2.24) is 0 Å². The number of hydrogen-bond acceptors (Lipinski definition) is 2. The Balaban J connectivity index is 2.47. The molecule has 2 rings (SSSR count). The van der Waals surface area contributed by atoms with Gasteiger partial charge >= 0.3 is 0 Å². The van der Waals surface area contributed by atoms with Crippen LogP contribution in [0.25, 0.3) is 0 Å². The van der Waals surface area contributed by atoms with E-state index in [1.165, 1.54) is 0 Å². The van der Waals surface area contributed by atoms with Gasteiger partial charge in [0.05, 0.1) is 15.7 Å². The zero-order valence-corrected chi connectivity index (χ0v) is 12.7. The summed E-state index contributed by atoms with van der Waals surface area (Å²) < 4.78 is 0. The molecule has 0 fully saturated rings. The molecule has 0 spiro atoms. The number of benzene rings is 2. The van der Waals surface area contributed by atoms with Crippen molar-refractivity contribution in [2.24, 2.45) is 0 Å². The number of nitrogen functional groups attached to an aromatic ring is 2. The van der Waals surface area contributed by atoms with E-state index in [0.717, 1.165) is 5.56 Å². The maximum Gasteiger partial charge on any atom is 0.0825 e. The normalized spacial score (nSPS) is 10.7. The highest BCUT2D eigenvalue weighted by Gasteiger charge is 2.14. The van der Waals surface area contributed by atoms with Gasteiger partial charge in [-0.2, -0.15) is 0 Å². The summed E-state index contributed by atoms with van der Waals surface area (Å²) in [6, 6.07) is 6.85. The summed E-state index contributed by atoms with van der Waals surface area (Å²) >= 11 is 24.5. The minimum Gasteiger partial charge on any atom is -0.399 e. The standard InChI is InChI=1S/C13H10Cl4N2/c14-9-4-7(18)2-1-6(9)3-8-10(15)5-11(19)13(17)12(8)16/h1-2,4-5H,3,18-19H2. The molecule has 0 aliphatic heterocycles. The Labute approximate surface area is 131 Å². The van der Waals surface area contributed by atoms with Crippen LogP contribution in [0.2, 0.25) is 20.1 Å². The zero-order valence-electron chi connectivity index (χ0n) is 9.68. The van der Waals surface area contributed by atoms with Gasteiger partial charge in [-0.05, 0) is 29.3 Å². The molecule has 19 heavy (non-hydrogen) atoms. The van der Waals surface area contributed by atoms with Crippen molar-refractivity contribution >= 4 is 57.8 Å². The summed E-state index contributed by atoms with van der Waals surface area (Å²) in [4.78, 5) is 0. The van der Waals surface area contributed by atoms with Crippen molar-refractivity contribution in [3.05, 3.63) is 55.5 Å². The van der Waals surface area contributed by atoms with Gasteiger partial charge in [-0.25, -0.2) is 0 Å². The number of hydrogen-bond donors (Lipinski definition) is 2. The third-order valence-electron chi connectivity index (χ3n) is 2.73. The first-order valence-corrected chi connectivity index (χ1v) is 6.87. The summed E-state index contributed by atoms with van der Waals surface area (Å²) in [6.45, 7) is 0. The molecule has 2 nitrogen and oxygen atoms in total. The highest BCUT2D eigenvalue weighted by molar-refractivity contribution is 6.45. The summed E-state index contributed by atoms with van der Waals surface area (Å²) in [6.07, 6.45) is 0.455. The van der Waals surface area contributed by atoms with E-state index in [4.69, 9.17) is 57.9 Å². The fourth-order valence-corrected chi connectivity index (χ4v) is 2.74. The van der Waals surface area contributed by atoms with Gasteiger partial charge < -0.3 is 11.5 Å². The van der Waals surface area contributed by atoms with Gasteiger partial charge in [0, 0.05) is 22.2 Å². The van der Waals surface area contributed by atoms with Gasteiger partial charge in [0.1, 0.15) is 0 Å². The lowest BCUT2D eigenvalue weighted by Crippen LogP contribution is -1.97. The van der Waals surface area contributed by atoms with Crippen LogP contribution in [0.3, 0.4) is 0 Å². The topological polar surface area (TPSA) is 52.0 Å². The highest BCUT2D eigenvalue weighted by atomic mass is 35.5. The molecule has 0 bridgehead atoms. The second kappa shape index (κ2) is 5.68. The van der Waals surface area contributed by atoms with Crippen molar-refractivity contribution in [1.29, 1.82) is 0 Å². The second-order valence-corrected chi connectivity index (χ2v) is 5.65. The van der Waals surface area contributed by atoms with Crippen LogP contribution in [-0.4, -0.2) is 0 Å². The Morgan fingerprint density at radius 1 is 0.842 bits per heavy atom. The van der Waals surface area contributed by atoms with Gasteiger partial charge in [0.2, 0.25) is 0 Å². The Kier molecular flexibility index (Phi) is 4.36. The van der Waals surface area contributed by atoms with E-state index in [2.05, 4.69) is 0 Å². The molecule has 2 aromatic rings. The van der Waals surface area contributed by atoms with E-state index in [9.17, 15) is 0 Å². The first-order valence-electron chi connectivity index (χ1n) is 5.36. The molecule has 0 amide bonds. The minimum atomic E-state index is 0.299. The maximum atomic E-state index is 6.17. The van der Waals surface area contributed by atoms with Crippen LogP contribution in [-0.2, 0) is 6.42 Å². The average molecular weight is 336 g/mol. The van der Waals surface area contributed by atoms with Crippen LogP contribution in [0.4, 0.5) is 11.4 Å². The van der Waals surface area contributed by atoms with Crippen molar-refractivity contribution < 1.29 is 0 Å². The maximum absolute atomic E-state index is 6.17. The second-order valence-electron chi connectivity index (χ2n) is 4.08. The first kappa shape index (κ1) is 14.6. The van der Waals surface area contributed by atoms with Crippen LogP contribution in [0.1, 0.15) is 11.1 Å². The lowest BCUT2D eigenvalue weighted by Gasteiger charge is -2.12. The van der Waals surface area contributed by atoms with Crippen molar-refractivity contribution in [3.63, 3.8) is 0 Å². The predicted octanol–water partition coefficient (Wildman–Crippen LogP) is 5.06. The monoisotopic (exact) mass is 334 g/mol. The van der Waals surface area contributed by atoms with Crippen LogP contribution in [0.5, 0.6) is 0 Å². The molecule has 0 saturated heterocycles. The van der Waals surface area contributed by atoms with E-state index in [1.807, 2.05) is 6.07 Å². The van der Waals surface area contributed by atoms with Gasteiger partial charge in [-0.1, -0.05) is 52.5 Å². The molecule has 0 unspecified atom stereocenters. The summed E-state index contributed by atoms with van der Waals surface area (Å²) in [5.74, 6) is 0. The summed E-state index contributed by atoms with van der Waals surface area (Å²) in [5.41, 5.74) is 13.8. The van der Waals surface area contributed by atoms with E-state index in [1.54, 1.807) is 18.2 Å². The fourth-order valence-electron chi connectivity index (χ4n) is 1.71. The molecule has 0 aliphatic rings. The van der Waals surface area contributed by atoms with E-state index < -0.39 is 0 Å². The van der Waals surface area contributed by atoms with Gasteiger partial charge in [-0.3, -0.25) is 0 Å². The van der Waals surface area contributed by atoms with Crippen LogP contribution in [0.15, 0.2) is 24.3 Å². The largest absolute Gasteiger partial charge is 0.399 e. The third kappa shape index (κ3) is 3.03. The van der Waals surface area contributed by atoms with Crippen molar-refractivity contribution in [3.8, 4) is 0 Å². The molecular formula is C13H10Cl4N2. The van der Waals surface area contributed by atoms with Crippen LogP contribution in [0, 0.1) is 0 Å². The Bertz CT molecular complexity index is 641. The quantitative estimate of drug-likeness (QED) is 0.595. The highest BCUT2D eigenvalue weighted by Crippen LogP contribution is 2.38.